The fraction of sp³-hybridized carbons (Fsp3) is 0.280. The largest absolute Gasteiger partial charge is 0.424 e. The van der Waals surface area contributed by atoms with Crippen LogP contribution in [0.2, 0.25) is 0 Å². The Bertz CT molecular complexity index is 1220. The number of hydrogen-bond donors (Lipinski definition) is 0. The Hall–Kier alpha value is -3.62. The van der Waals surface area contributed by atoms with Gasteiger partial charge in [-0.25, -0.2) is 9.97 Å². The minimum Gasteiger partial charge on any atom is -0.424 e. The molecule has 33 heavy (non-hydrogen) atoms. The number of rotatable bonds is 6. The van der Waals surface area contributed by atoms with Gasteiger partial charge in [-0.2, -0.15) is 4.98 Å². The SMILES string of the molecule is Cc1ccc(-c2nc(-c3cccc(CN4CCN(C)CC4)c3)no2)cc1Oc1ncccn1. The molecule has 0 unspecified atom stereocenters. The molecule has 168 valence electrons. The van der Waals surface area contributed by atoms with Crippen LogP contribution in [0.25, 0.3) is 22.8 Å². The third-order valence-electron chi connectivity index (χ3n) is 5.79. The van der Waals surface area contributed by atoms with Crippen molar-refractivity contribution < 1.29 is 9.26 Å². The summed E-state index contributed by atoms with van der Waals surface area (Å²) >= 11 is 0. The zero-order valence-electron chi connectivity index (χ0n) is 18.8. The van der Waals surface area contributed by atoms with Gasteiger partial charge in [-0.05, 0) is 49.4 Å². The van der Waals surface area contributed by atoms with Gasteiger partial charge in [-0.1, -0.05) is 29.4 Å². The molecule has 2 aromatic carbocycles. The van der Waals surface area contributed by atoms with Crippen LogP contribution in [-0.2, 0) is 6.54 Å². The lowest BCUT2D eigenvalue weighted by atomic mass is 10.1. The molecule has 0 saturated carbocycles. The maximum atomic E-state index is 5.84. The van der Waals surface area contributed by atoms with E-state index in [1.807, 2.05) is 31.2 Å². The minimum atomic E-state index is 0.293. The topological polar surface area (TPSA) is 80.4 Å². The monoisotopic (exact) mass is 442 g/mol. The summed E-state index contributed by atoms with van der Waals surface area (Å²) in [4.78, 5) is 17.7. The second-order valence-electron chi connectivity index (χ2n) is 8.32. The number of benzene rings is 2. The van der Waals surface area contributed by atoms with Crippen molar-refractivity contribution in [2.45, 2.75) is 13.5 Å². The summed E-state index contributed by atoms with van der Waals surface area (Å²) in [5, 5.41) is 4.22. The van der Waals surface area contributed by atoms with Gasteiger partial charge in [0.15, 0.2) is 0 Å². The van der Waals surface area contributed by atoms with E-state index in [4.69, 9.17) is 9.26 Å². The second-order valence-corrected chi connectivity index (χ2v) is 8.32. The van der Waals surface area contributed by atoms with E-state index in [1.54, 1.807) is 18.5 Å². The van der Waals surface area contributed by atoms with Gasteiger partial charge in [0.05, 0.1) is 0 Å². The number of aromatic nitrogens is 4. The molecule has 8 nitrogen and oxygen atoms in total. The molecular weight excluding hydrogens is 416 g/mol. The Kier molecular flexibility index (Phi) is 6.10. The van der Waals surface area contributed by atoms with E-state index >= 15 is 0 Å². The molecule has 5 rings (SSSR count). The van der Waals surface area contributed by atoms with Crippen molar-refractivity contribution in [1.82, 2.24) is 29.9 Å². The van der Waals surface area contributed by atoms with Crippen molar-refractivity contribution in [3.05, 3.63) is 72.1 Å². The Morgan fingerprint density at radius 1 is 0.939 bits per heavy atom. The molecular formula is C25H26N6O2. The van der Waals surface area contributed by atoms with E-state index in [0.29, 0.717) is 23.5 Å². The number of aryl methyl sites for hydroxylation is 1. The van der Waals surface area contributed by atoms with Crippen LogP contribution < -0.4 is 4.74 Å². The second kappa shape index (κ2) is 9.48. The van der Waals surface area contributed by atoms with Crippen LogP contribution in [0.3, 0.4) is 0 Å². The van der Waals surface area contributed by atoms with Gasteiger partial charge < -0.3 is 14.2 Å². The third-order valence-corrected chi connectivity index (χ3v) is 5.79. The molecule has 1 aliphatic rings. The lowest BCUT2D eigenvalue weighted by Crippen LogP contribution is -2.43. The first-order chi connectivity index (χ1) is 16.1. The van der Waals surface area contributed by atoms with Gasteiger partial charge in [-0.15, -0.1) is 0 Å². The van der Waals surface area contributed by atoms with Crippen molar-refractivity contribution in [2.24, 2.45) is 0 Å². The van der Waals surface area contributed by atoms with Gasteiger partial charge in [0.1, 0.15) is 5.75 Å². The molecule has 3 heterocycles. The molecule has 0 amide bonds. The highest BCUT2D eigenvalue weighted by atomic mass is 16.5. The zero-order valence-corrected chi connectivity index (χ0v) is 18.8. The maximum Gasteiger partial charge on any atom is 0.321 e. The van der Waals surface area contributed by atoms with Crippen LogP contribution in [-0.4, -0.2) is 63.1 Å². The Labute approximate surface area is 192 Å². The van der Waals surface area contributed by atoms with Crippen LogP contribution in [0.4, 0.5) is 0 Å². The van der Waals surface area contributed by atoms with Crippen molar-refractivity contribution in [2.75, 3.05) is 33.2 Å². The lowest BCUT2D eigenvalue weighted by molar-refractivity contribution is 0.148. The summed E-state index contributed by atoms with van der Waals surface area (Å²) in [6, 6.07) is 16.2. The molecule has 0 spiro atoms. The summed E-state index contributed by atoms with van der Waals surface area (Å²) in [6.07, 6.45) is 3.29. The fourth-order valence-electron chi connectivity index (χ4n) is 3.81. The molecule has 8 heteroatoms. The highest BCUT2D eigenvalue weighted by molar-refractivity contribution is 5.62. The first-order valence-electron chi connectivity index (χ1n) is 11.0. The van der Waals surface area contributed by atoms with Gasteiger partial charge in [0, 0.05) is 56.2 Å². The molecule has 1 aliphatic heterocycles. The summed E-state index contributed by atoms with van der Waals surface area (Å²) in [5.41, 5.74) is 3.93. The molecule has 0 bridgehead atoms. The van der Waals surface area contributed by atoms with Crippen molar-refractivity contribution in [1.29, 1.82) is 0 Å². The van der Waals surface area contributed by atoms with Gasteiger partial charge >= 0.3 is 6.01 Å². The number of nitrogens with zero attached hydrogens (tertiary/aromatic N) is 6. The van der Waals surface area contributed by atoms with E-state index < -0.39 is 0 Å². The predicted octanol–water partition coefficient (Wildman–Crippen LogP) is 4.04. The van der Waals surface area contributed by atoms with Gasteiger partial charge in [-0.3, -0.25) is 4.90 Å². The van der Waals surface area contributed by atoms with Crippen LogP contribution in [0.5, 0.6) is 11.8 Å². The summed E-state index contributed by atoms with van der Waals surface area (Å²) in [6.45, 7) is 7.26. The van der Waals surface area contributed by atoms with E-state index in [2.05, 4.69) is 55.2 Å². The Morgan fingerprint density at radius 2 is 1.76 bits per heavy atom. The summed E-state index contributed by atoms with van der Waals surface area (Å²) in [7, 11) is 2.17. The first kappa shape index (κ1) is 21.2. The highest BCUT2D eigenvalue weighted by Gasteiger charge is 2.16. The number of likely N-dealkylation sites (N-methyl/N-ethyl adjacent to an activating group) is 1. The molecule has 0 atom stereocenters. The smallest absolute Gasteiger partial charge is 0.321 e. The predicted molar refractivity (Wildman–Crippen MR) is 125 cm³/mol. The minimum absolute atomic E-state index is 0.293. The summed E-state index contributed by atoms with van der Waals surface area (Å²) < 4.78 is 11.4. The van der Waals surface area contributed by atoms with Crippen LogP contribution >= 0.6 is 0 Å². The quantitative estimate of drug-likeness (QED) is 0.443. The van der Waals surface area contributed by atoms with Gasteiger partial charge in [0.25, 0.3) is 5.89 Å². The molecule has 2 aromatic heterocycles. The molecule has 0 radical (unpaired) electrons. The van der Waals surface area contributed by atoms with Gasteiger partial charge in [0.2, 0.25) is 5.82 Å². The van der Waals surface area contributed by atoms with Crippen molar-refractivity contribution in [3.8, 4) is 34.6 Å². The average Bonchev–Trinajstić information content (AvgIpc) is 3.33. The Morgan fingerprint density at radius 3 is 2.58 bits per heavy atom. The molecule has 1 saturated heterocycles. The van der Waals surface area contributed by atoms with Crippen molar-refractivity contribution >= 4 is 0 Å². The molecule has 0 N–H and O–H groups in total. The Balaban J connectivity index is 1.34. The maximum absolute atomic E-state index is 5.84. The molecule has 4 aromatic rings. The van der Waals surface area contributed by atoms with Crippen LogP contribution in [0.1, 0.15) is 11.1 Å². The normalized spacial score (nSPS) is 15.0. The van der Waals surface area contributed by atoms with E-state index in [9.17, 15) is 0 Å². The van der Waals surface area contributed by atoms with Crippen LogP contribution in [0, 0.1) is 6.92 Å². The number of hydrogen-bond acceptors (Lipinski definition) is 8. The van der Waals surface area contributed by atoms with Crippen LogP contribution in [0.15, 0.2) is 65.4 Å². The standard InChI is InChI=1S/C25H26N6O2/c1-18-7-8-21(16-22(18)32-25-26-9-4-10-27-25)24-28-23(29-33-24)20-6-3-5-19(15-20)17-31-13-11-30(2)12-14-31/h3-10,15-16H,11-14,17H2,1-2H3. The van der Waals surface area contributed by atoms with Crippen molar-refractivity contribution in [3.63, 3.8) is 0 Å². The number of ether oxygens (including phenoxy) is 1. The van der Waals surface area contributed by atoms with E-state index in [-0.39, 0.29) is 0 Å². The lowest BCUT2D eigenvalue weighted by Gasteiger charge is -2.32. The summed E-state index contributed by atoms with van der Waals surface area (Å²) in [5.74, 6) is 1.65. The fourth-order valence-corrected chi connectivity index (χ4v) is 3.81. The highest BCUT2D eigenvalue weighted by Crippen LogP contribution is 2.30. The first-order valence-corrected chi connectivity index (χ1v) is 11.0. The van der Waals surface area contributed by atoms with E-state index in [1.165, 1.54) is 5.56 Å². The molecule has 0 aliphatic carbocycles. The van der Waals surface area contributed by atoms with E-state index in [0.717, 1.165) is 49.4 Å². The number of piperazine rings is 1. The zero-order chi connectivity index (χ0) is 22.6. The third kappa shape index (κ3) is 5.08. The molecule has 1 fully saturated rings. The average molecular weight is 443 g/mol.